The minimum Gasteiger partial charge on any atom is -0.308 e. The second-order valence-electron chi connectivity index (χ2n) is 4.91. The largest absolute Gasteiger partial charge is 0.308 e. The molecule has 17 heavy (non-hydrogen) atoms. The van der Waals surface area contributed by atoms with E-state index in [0.29, 0.717) is 6.04 Å². The normalized spacial score (nSPS) is 20.9. The Bertz CT molecular complexity index is 538. The summed E-state index contributed by atoms with van der Waals surface area (Å²) < 4.78 is 1.33. The maximum absolute atomic E-state index is 4.85. The molecule has 0 spiro atoms. The molecule has 1 saturated heterocycles. The van der Waals surface area contributed by atoms with Crippen LogP contribution in [0.5, 0.6) is 0 Å². The minimum atomic E-state index is 0.487. The molecule has 1 aromatic carbocycles. The molecule has 1 atom stereocenters. The molecule has 1 aliphatic heterocycles. The van der Waals surface area contributed by atoms with Crippen LogP contribution in [-0.4, -0.2) is 11.5 Å². The number of rotatable bonds is 1. The smallest absolute Gasteiger partial charge is 0.111 e. The van der Waals surface area contributed by atoms with Crippen molar-refractivity contribution in [3.63, 3.8) is 0 Å². The molecule has 2 aromatic rings. The van der Waals surface area contributed by atoms with Crippen LogP contribution in [0.4, 0.5) is 0 Å². The molecule has 2 heterocycles. The van der Waals surface area contributed by atoms with Gasteiger partial charge in [-0.25, -0.2) is 4.98 Å². The highest BCUT2D eigenvalue weighted by atomic mass is 32.1. The Morgan fingerprint density at radius 2 is 2.18 bits per heavy atom. The summed E-state index contributed by atoms with van der Waals surface area (Å²) in [6.45, 7) is 5.47. The molecule has 1 aromatic heterocycles. The summed E-state index contributed by atoms with van der Waals surface area (Å²) in [6, 6.07) is 4.90. The van der Waals surface area contributed by atoms with Crippen molar-refractivity contribution in [2.45, 2.75) is 39.2 Å². The van der Waals surface area contributed by atoms with E-state index >= 15 is 0 Å². The van der Waals surface area contributed by atoms with Crippen LogP contribution in [0.15, 0.2) is 12.1 Å². The molecule has 1 N–H and O–H groups in total. The molecule has 0 saturated carbocycles. The Morgan fingerprint density at radius 3 is 2.94 bits per heavy atom. The highest BCUT2D eigenvalue weighted by Crippen LogP contribution is 2.32. The van der Waals surface area contributed by atoms with E-state index in [1.807, 2.05) is 11.3 Å². The van der Waals surface area contributed by atoms with Gasteiger partial charge in [0, 0.05) is 0 Å². The van der Waals surface area contributed by atoms with E-state index in [9.17, 15) is 0 Å². The van der Waals surface area contributed by atoms with Crippen LogP contribution in [0.25, 0.3) is 10.2 Å². The number of hydrogen-bond donors (Lipinski definition) is 1. The summed E-state index contributed by atoms with van der Waals surface area (Å²) in [6.07, 6.45) is 3.86. The van der Waals surface area contributed by atoms with Crippen molar-refractivity contribution in [2.75, 3.05) is 6.54 Å². The molecule has 1 fully saturated rings. The second kappa shape index (κ2) is 4.39. The van der Waals surface area contributed by atoms with Gasteiger partial charge in [0.25, 0.3) is 0 Å². The Hall–Kier alpha value is -0.930. The number of nitrogens with zero attached hydrogens (tertiary/aromatic N) is 1. The number of hydrogen-bond acceptors (Lipinski definition) is 3. The van der Waals surface area contributed by atoms with Crippen LogP contribution in [-0.2, 0) is 0 Å². The van der Waals surface area contributed by atoms with Crippen LogP contribution in [0.3, 0.4) is 0 Å². The highest BCUT2D eigenvalue weighted by Gasteiger charge is 2.19. The van der Waals surface area contributed by atoms with Crippen LogP contribution < -0.4 is 5.32 Å². The van der Waals surface area contributed by atoms with E-state index in [1.54, 1.807) is 0 Å². The average molecular weight is 246 g/mol. The van der Waals surface area contributed by atoms with Crippen LogP contribution in [0.2, 0.25) is 0 Å². The number of fused-ring (bicyclic) bond motifs is 1. The van der Waals surface area contributed by atoms with E-state index in [-0.39, 0.29) is 0 Å². The minimum absolute atomic E-state index is 0.487. The summed E-state index contributed by atoms with van der Waals surface area (Å²) in [7, 11) is 0. The first-order chi connectivity index (χ1) is 8.25. The molecule has 2 nitrogen and oxygen atoms in total. The van der Waals surface area contributed by atoms with Gasteiger partial charge in [0.1, 0.15) is 5.01 Å². The predicted molar refractivity (Wildman–Crippen MR) is 73.7 cm³/mol. The Labute approximate surface area is 106 Å². The van der Waals surface area contributed by atoms with Crippen molar-refractivity contribution >= 4 is 21.6 Å². The van der Waals surface area contributed by atoms with Gasteiger partial charge in [-0.1, -0.05) is 12.5 Å². The summed E-state index contributed by atoms with van der Waals surface area (Å²) in [5.41, 5.74) is 3.88. The molecule has 0 bridgehead atoms. The standard InChI is InChI=1S/C14H18N2S/c1-9-6-7-12-13(10(9)2)16-14(17-12)11-5-3-4-8-15-11/h6-7,11,15H,3-5,8H2,1-2H3. The molecule has 90 valence electrons. The lowest BCUT2D eigenvalue weighted by molar-refractivity contribution is 0.411. The van der Waals surface area contributed by atoms with E-state index in [2.05, 4.69) is 31.3 Å². The number of aromatic nitrogens is 1. The molecule has 3 rings (SSSR count). The third-order valence-corrected chi connectivity index (χ3v) is 4.84. The predicted octanol–water partition coefficient (Wildman–Crippen LogP) is 3.73. The summed E-state index contributed by atoms with van der Waals surface area (Å²) >= 11 is 1.85. The molecule has 3 heteroatoms. The number of aryl methyl sites for hydroxylation is 2. The number of thiazole rings is 1. The molecular weight excluding hydrogens is 228 g/mol. The van der Waals surface area contributed by atoms with Gasteiger partial charge >= 0.3 is 0 Å². The number of nitrogens with one attached hydrogen (secondary N) is 1. The Morgan fingerprint density at radius 1 is 1.29 bits per heavy atom. The maximum atomic E-state index is 4.85. The second-order valence-corrected chi connectivity index (χ2v) is 5.97. The lowest BCUT2D eigenvalue weighted by Gasteiger charge is -2.21. The number of piperidine rings is 1. The fourth-order valence-electron chi connectivity index (χ4n) is 2.45. The molecule has 0 amide bonds. The molecule has 0 radical (unpaired) electrons. The number of benzene rings is 1. The Balaban J connectivity index is 2.04. The van der Waals surface area contributed by atoms with E-state index in [0.717, 1.165) is 6.54 Å². The fourth-order valence-corrected chi connectivity index (χ4v) is 3.59. The van der Waals surface area contributed by atoms with E-state index in [1.165, 1.54) is 45.6 Å². The highest BCUT2D eigenvalue weighted by molar-refractivity contribution is 7.18. The van der Waals surface area contributed by atoms with Gasteiger partial charge in [-0.3, -0.25) is 0 Å². The third kappa shape index (κ3) is 1.98. The van der Waals surface area contributed by atoms with E-state index < -0.39 is 0 Å². The van der Waals surface area contributed by atoms with Crippen molar-refractivity contribution in [1.29, 1.82) is 0 Å². The van der Waals surface area contributed by atoms with Crippen molar-refractivity contribution in [3.05, 3.63) is 28.3 Å². The first-order valence-electron chi connectivity index (χ1n) is 6.36. The monoisotopic (exact) mass is 246 g/mol. The van der Waals surface area contributed by atoms with Crippen molar-refractivity contribution in [3.8, 4) is 0 Å². The van der Waals surface area contributed by atoms with Gasteiger partial charge < -0.3 is 5.32 Å². The summed E-state index contributed by atoms with van der Waals surface area (Å²) in [5.74, 6) is 0. The summed E-state index contributed by atoms with van der Waals surface area (Å²) in [4.78, 5) is 4.85. The Kier molecular flexibility index (Phi) is 2.89. The molecular formula is C14H18N2S. The summed E-state index contributed by atoms with van der Waals surface area (Å²) in [5, 5.41) is 4.85. The molecule has 1 unspecified atom stereocenters. The van der Waals surface area contributed by atoms with Crippen molar-refractivity contribution in [2.24, 2.45) is 0 Å². The van der Waals surface area contributed by atoms with Crippen molar-refractivity contribution < 1.29 is 0 Å². The quantitative estimate of drug-likeness (QED) is 0.829. The van der Waals surface area contributed by atoms with Gasteiger partial charge in [-0.05, 0) is 50.4 Å². The van der Waals surface area contributed by atoms with Gasteiger partial charge in [0.05, 0.1) is 16.3 Å². The van der Waals surface area contributed by atoms with Crippen LogP contribution in [0, 0.1) is 13.8 Å². The SMILES string of the molecule is Cc1ccc2sc(C3CCCCN3)nc2c1C. The first-order valence-corrected chi connectivity index (χ1v) is 7.17. The van der Waals surface area contributed by atoms with Gasteiger partial charge in [-0.15, -0.1) is 11.3 Å². The van der Waals surface area contributed by atoms with Crippen LogP contribution >= 0.6 is 11.3 Å². The topological polar surface area (TPSA) is 24.9 Å². The van der Waals surface area contributed by atoms with Gasteiger partial charge in [-0.2, -0.15) is 0 Å². The third-order valence-electron chi connectivity index (χ3n) is 3.71. The maximum Gasteiger partial charge on any atom is 0.111 e. The zero-order chi connectivity index (χ0) is 11.8. The van der Waals surface area contributed by atoms with Crippen LogP contribution in [0.1, 0.15) is 41.4 Å². The lowest BCUT2D eigenvalue weighted by atomic mass is 10.1. The van der Waals surface area contributed by atoms with Gasteiger partial charge in [0.15, 0.2) is 0 Å². The van der Waals surface area contributed by atoms with Gasteiger partial charge in [0.2, 0.25) is 0 Å². The first kappa shape index (κ1) is 11.2. The van der Waals surface area contributed by atoms with E-state index in [4.69, 9.17) is 4.98 Å². The zero-order valence-corrected chi connectivity index (χ0v) is 11.2. The lowest BCUT2D eigenvalue weighted by Crippen LogP contribution is -2.26. The fraction of sp³-hybridized carbons (Fsp3) is 0.500. The average Bonchev–Trinajstić information content (AvgIpc) is 2.80. The zero-order valence-electron chi connectivity index (χ0n) is 10.4. The van der Waals surface area contributed by atoms with Crippen molar-refractivity contribution in [1.82, 2.24) is 10.3 Å². The molecule has 1 aliphatic rings. The molecule has 0 aliphatic carbocycles.